The lowest BCUT2D eigenvalue weighted by Crippen LogP contribution is -2.43. The lowest BCUT2D eigenvalue weighted by Gasteiger charge is -2.25. The van der Waals surface area contributed by atoms with Crippen LogP contribution < -0.4 is 11.1 Å². The van der Waals surface area contributed by atoms with Gasteiger partial charge in [-0.15, -0.1) is 11.3 Å². The Morgan fingerprint density at radius 1 is 1.37 bits per heavy atom. The summed E-state index contributed by atoms with van der Waals surface area (Å²) in [5, 5.41) is 4.63. The molecule has 5 nitrogen and oxygen atoms in total. The summed E-state index contributed by atoms with van der Waals surface area (Å²) in [6.45, 7) is 1.49. The van der Waals surface area contributed by atoms with Crippen LogP contribution >= 0.6 is 11.3 Å². The Morgan fingerprint density at radius 2 is 2.11 bits per heavy atom. The van der Waals surface area contributed by atoms with E-state index < -0.39 is 23.1 Å². The number of Topliss-reactive ketones (excluding diaryl/α,β-unsaturated/α-hetero) is 1. The average Bonchev–Trinajstić information content (AvgIpc) is 3.18. The first-order valence-electron chi connectivity index (χ1n) is 8.29. The highest BCUT2D eigenvalue weighted by Crippen LogP contribution is 2.40. The van der Waals surface area contributed by atoms with Gasteiger partial charge in [-0.1, -0.05) is 11.6 Å². The Balaban J connectivity index is 1.82. The molecule has 144 valence electrons. The van der Waals surface area contributed by atoms with Crippen LogP contribution in [0, 0.1) is 6.92 Å². The minimum absolute atomic E-state index is 0.0175. The third kappa shape index (κ3) is 3.97. The number of carbonyl (C=O) groups excluding carboxylic acids is 2. The molecule has 1 aromatic heterocycles. The molecule has 27 heavy (non-hydrogen) atoms. The standard InChI is InChI=1S/C18H18F3N3O2S/c1-10-4-11(6-12(5-10)18(19,20)21)8-23-15(26)17(3-2-13(25)7-17)14-9-27-16(22)24-14/h4-6,9H,2-3,7-8H2,1H3,(H2,22,24)(H,23,26). The molecule has 1 fully saturated rings. The summed E-state index contributed by atoms with van der Waals surface area (Å²) in [5.74, 6) is -0.472. The quantitative estimate of drug-likeness (QED) is 0.829. The van der Waals surface area contributed by atoms with Gasteiger partial charge < -0.3 is 11.1 Å². The van der Waals surface area contributed by atoms with Gasteiger partial charge >= 0.3 is 6.18 Å². The molecule has 1 unspecified atom stereocenters. The largest absolute Gasteiger partial charge is 0.416 e. The zero-order valence-electron chi connectivity index (χ0n) is 14.5. The summed E-state index contributed by atoms with van der Waals surface area (Å²) in [7, 11) is 0. The smallest absolute Gasteiger partial charge is 0.375 e. The molecule has 1 aromatic carbocycles. The number of carbonyl (C=O) groups is 2. The Kier molecular flexibility index (Phi) is 4.98. The first-order valence-corrected chi connectivity index (χ1v) is 9.17. The average molecular weight is 397 g/mol. The fourth-order valence-electron chi connectivity index (χ4n) is 3.38. The number of thiazole rings is 1. The minimum atomic E-state index is -4.46. The zero-order valence-corrected chi connectivity index (χ0v) is 15.3. The molecule has 2 aromatic rings. The summed E-state index contributed by atoms with van der Waals surface area (Å²) in [6.07, 6.45) is -3.87. The van der Waals surface area contributed by atoms with Crippen LogP contribution in [0.15, 0.2) is 23.6 Å². The van der Waals surface area contributed by atoms with Gasteiger partial charge in [-0.25, -0.2) is 4.98 Å². The highest BCUT2D eigenvalue weighted by molar-refractivity contribution is 7.13. The Hall–Kier alpha value is -2.42. The van der Waals surface area contributed by atoms with Gasteiger partial charge in [0.2, 0.25) is 5.91 Å². The molecule has 3 N–H and O–H groups in total. The number of nitrogens with one attached hydrogen (secondary N) is 1. The lowest BCUT2D eigenvalue weighted by atomic mass is 9.82. The molecule has 1 saturated carbocycles. The molecule has 0 saturated heterocycles. The second-order valence-electron chi connectivity index (χ2n) is 6.76. The van der Waals surface area contributed by atoms with Gasteiger partial charge in [0.05, 0.1) is 16.7 Å². The van der Waals surface area contributed by atoms with E-state index >= 15 is 0 Å². The molecule has 0 aliphatic heterocycles. The summed E-state index contributed by atoms with van der Waals surface area (Å²) < 4.78 is 38.9. The molecule has 9 heteroatoms. The van der Waals surface area contributed by atoms with E-state index in [0.29, 0.717) is 28.4 Å². The third-order valence-corrected chi connectivity index (χ3v) is 5.37. The molecule has 0 radical (unpaired) electrons. The van der Waals surface area contributed by atoms with Crippen molar-refractivity contribution in [1.29, 1.82) is 0 Å². The summed E-state index contributed by atoms with van der Waals surface area (Å²) >= 11 is 1.18. The van der Waals surface area contributed by atoms with Crippen molar-refractivity contribution >= 4 is 28.2 Å². The molecule has 1 aliphatic rings. The summed E-state index contributed by atoms with van der Waals surface area (Å²) in [6, 6.07) is 3.66. The van der Waals surface area contributed by atoms with E-state index in [2.05, 4.69) is 10.3 Å². The van der Waals surface area contributed by atoms with Gasteiger partial charge in [0.1, 0.15) is 5.78 Å². The number of nitrogens with two attached hydrogens (primary N) is 1. The second-order valence-corrected chi connectivity index (χ2v) is 7.65. The van der Waals surface area contributed by atoms with Crippen LogP contribution in [0.2, 0.25) is 0 Å². The zero-order chi connectivity index (χ0) is 19.8. The maximum atomic E-state index is 13.0. The SMILES string of the molecule is Cc1cc(CNC(=O)C2(c3csc(N)n3)CCC(=O)C2)cc(C(F)(F)F)c1. The van der Waals surface area contributed by atoms with E-state index in [1.54, 1.807) is 18.4 Å². The number of anilines is 1. The number of nitrogen functional groups attached to an aromatic ring is 1. The highest BCUT2D eigenvalue weighted by atomic mass is 32.1. The number of nitrogens with zero attached hydrogens (tertiary/aromatic N) is 1. The van der Waals surface area contributed by atoms with Gasteiger partial charge in [-0.3, -0.25) is 9.59 Å². The van der Waals surface area contributed by atoms with Crippen LogP contribution in [0.4, 0.5) is 18.3 Å². The molecule has 1 aliphatic carbocycles. The van der Waals surface area contributed by atoms with Crippen LogP contribution in [-0.4, -0.2) is 16.7 Å². The number of hydrogen-bond donors (Lipinski definition) is 2. The van der Waals surface area contributed by atoms with Gasteiger partial charge in [0.25, 0.3) is 0 Å². The van der Waals surface area contributed by atoms with Crippen molar-refractivity contribution in [2.24, 2.45) is 0 Å². The highest BCUT2D eigenvalue weighted by Gasteiger charge is 2.48. The molecule has 1 atom stereocenters. The Morgan fingerprint density at radius 3 is 2.67 bits per heavy atom. The lowest BCUT2D eigenvalue weighted by molar-refractivity contribution is -0.137. The topological polar surface area (TPSA) is 85.1 Å². The number of alkyl halides is 3. The van der Waals surface area contributed by atoms with Crippen LogP contribution in [0.1, 0.15) is 41.6 Å². The van der Waals surface area contributed by atoms with Crippen LogP contribution in [0.25, 0.3) is 0 Å². The first-order chi connectivity index (χ1) is 12.6. The Labute approximate surface area is 157 Å². The van der Waals surface area contributed by atoms with E-state index in [1.165, 1.54) is 11.3 Å². The predicted octanol–water partition coefficient (Wildman–Crippen LogP) is 3.36. The number of rotatable bonds is 4. The summed E-state index contributed by atoms with van der Waals surface area (Å²) in [4.78, 5) is 28.9. The van der Waals surface area contributed by atoms with Crippen LogP contribution in [0.3, 0.4) is 0 Å². The maximum absolute atomic E-state index is 13.0. The Bertz CT molecular complexity index is 894. The molecule has 0 bridgehead atoms. The van der Waals surface area contributed by atoms with E-state index in [-0.39, 0.29) is 25.2 Å². The van der Waals surface area contributed by atoms with Crippen LogP contribution in [-0.2, 0) is 27.7 Å². The second kappa shape index (κ2) is 6.95. The van der Waals surface area contributed by atoms with Gasteiger partial charge in [0.15, 0.2) is 5.13 Å². The van der Waals surface area contributed by atoms with E-state index in [9.17, 15) is 22.8 Å². The van der Waals surface area contributed by atoms with Crippen molar-refractivity contribution in [1.82, 2.24) is 10.3 Å². The van der Waals surface area contributed by atoms with Crippen molar-refractivity contribution in [3.8, 4) is 0 Å². The van der Waals surface area contributed by atoms with E-state index in [4.69, 9.17) is 5.73 Å². The molecular weight excluding hydrogens is 379 g/mol. The molecule has 3 rings (SSSR count). The number of halogens is 3. The summed E-state index contributed by atoms with van der Waals surface area (Å²) in [5.41, 5.74) is 5.02. The number of hydrogen-bond acceptors (Lipinski definition) is 5. The van der Waals surface area contributed by atoms with Crippen molar-refractivity contribution in [2.75, 3.05) is 5.73 Å². The number of amides is 1. The van der Waals surface area contributed by atoms with Crippen molar-refractivity contribution < 1.29 is 22.8 Å². The monoisotopic (exact) mass is 397 g/mol. The van der Waals surface area contributed by atoms with Crippen LogP contribution in [0.5, 0.6) is 0 Å². The van der Waals surface area contributed by atoms with E-state index in [1.807, 2.05) is 0 Å². The number of aryl methyl sites for hydroxylation is 1. The van der Waals surface area contributed by atoms with Crippen molar-refractivity contribution in [3.63, 3.8) is 0 Å². The maximum Gasteiger partial charge on any atom is 0.416 e. The third-order valence-electron chi connectivity index (χ3n) is 4.69. The molecular formula is C18H18F3N3O2S. The fraction of sp³-hybridized carbons (Fsp3) is 0.389. The van der Waals surface area contributed by atoms with Gasteiger partial charge in [-0.05, 0) is 31.0 Å². The molecule has 1 heterocycles. The normalized spacial score (nSPS) is 20.1. The van der Waals surface area contributed by atoms with Gasteiger partial charge in [0, 0.05) is 24.8 Å². The molecule has 0 spiro atoms. The van der Waals surface area contributed by atoms with Crippen molar-refractivity contribution in [3.05, 3.63) is 46.0 Å². The minimum Gasteiger partial charge on any atom is -0.375 e. The number of benzene rings is 1. The van der Waals surface area contributed by atoms with Gasteiger partial charge in [-0.2, -0.15) is 13.2 Å². The molecule has 1 amide bonds. The predicted molar refractivity (Wildman–Crippen MR) is 95.1 cm³/mol. The first kappa shape index (κ1) is 19.3. The fourth-order valence-corrected chi connectivity index (χ4v) is 4.04. The number of aromatic nitrogens is 1. The number of ketones is 1. The van der Waals surface area contributed by atoms with Crippen molar-refractivity contribution in [2.45, 2.75) is 44.3 Å². The van der Waals surface area contributed by atoms with E-state index in [0.717, 1.165) is 12.1 Å².